The summed E-state index contributed by atoms with van der Waals surface area (Å²) in [6.07, 6.45) is -4.69. The number of hydrogen-bond donors (Lipinski definition) is 1. The van der Waals surface area contributed by atoms with Gasteiger partial charge in [0.25, 0.3) is 0 Å². The number of thioether (sulfide) groups is 1. The molecule has 0 aliphatic carbocycles. The van der Waals surface area contributed by atoms with Crippen LogP contribution in [0.2, 0.25) is 0 Å². The van der Waals surface area contributed by atoms with Crippen LogP contribution in [0.15, 0.2) is 24.3 Å². The molecule has 0 radical (unpaired) electrons. The lowest BCUT2D eigenvalue weighted by atomic mass is 10.1. The Bertz CT molecular complexity index is 446. The van der Waals surface area contributed by atoms with Gasteiger partial charge in [-0.05, 0) is 23.6 Å². The molecule has 0 saturated carbocycles. The lowest BCUT2D eigenvalue weighted by Gasteiger charge is -2.16. The van der Waals surface area contributed by atoms with Crippen LogP contribution < -0.4 is 10.5 Å². The quantitative estimate of drug-likeness (QED) is 0.877. The number of halogens is 3. The van der Waals surface area contributed by atoms with Gasteiger partial charge in [0.1, 0.15) is 5.75 Å². The fourth-order valence-electron chi connectivity index (χ4n) is 1.58. The maximum Gasteiger partial charge on any atom is 0.573 e. The summed E-state index contributed by atoms with van der Waals surface area (Å²) < 4.78 is 39.8. The summed E-state index contributed by atoms with van der Waals surface area (Å²) in [6, 6.07) is 5.56. The molecule has 1 atom stereocenters. The first-order chi connectivity index (χ1) is 9.19. The van der Waals surface area contributed by atoms with E-state index in [1.807, 2.05) is 13.8 Å². The number of carbonyl (C=O) groups is 1. The molecule has 0 fully saturated rings. The van der Waals surface area contributed by atoms with Gasteiger partial charge < -0.3 is 10.5 Å². The Kier molecular flexibility index (Phi) is 5.74. The number of carbonyl (C=O) groups excluding carboxylic acids is 1. The first-order valence-electron chi connectivity index (χ1n) is 5.94. The maximum atomic E-state index is 12.0. The van der Waals surface area contributed by atoms with Crippen molar-refractivity contribution in [1.82, 2.24) is 0 Å². The van der Waals surface area contributed by atoms with E-state index >= 15 is 0 Å². The van der Waals surface area contributed by atoms with Crippen LogP contribution in [0.3, 0.4) is 0 Å². The fourth-order valence-corrected chi connectivity index (χ4v) is 2.69. The minimum atomic E-state index is -4.69. The molecule has 1 aromatic rings. The molecule has 0 bridgehead atoms. The van der Waals surface area contributed by atoms with E-state index < -0.39 is 6.36 Å². The topological polar surface area (TPSA) is 52.3 Å². The summed E-state index contributed by atoms with van der Waals surface area (Å²) in [5.41, 5.74) is 6.09. The van der Waals surface area contributed by atoms with Gasteiger partial charge in [0, 0.05) is 5.75 Å². The van der Waals surface area contributed by atoms with E-state index in [2.05, 4.69) is 4.74 Å². The number of hydrogen-bond acceptors (Lipinski definition) is 3. The van der Waals surface area contributed by atoms with Gasteiger partial charge in [0.05, 0.1) is 5.25 Å². The highest BCUT2D eigenvalue weighted by molar-refractivity contribution is 7.99. The van der Waals surface area contributed by atoms with Crippen molar-refractivity contribution in [2.45, 2.75) is 31.2 Å². The van der Waals surface area contributed by atoms with Gasteiger partial charge in [-0.15, -0.1) is 24.9 Å². The summed E-state index contributed by atoms with van der Waals surface area (Å²) in [7, 11) is 0. The molecule has 1 unspecified atom stereocenters. The fraction of sp³-hybridized carbons (Fsp3) is 0.462. The van der Waals surface area contributed by atoms with Crippen LogP contribution in [-0.2, 0) is 10.5 Å². The molecule has 112 valence electrons. The van der Waals surface area contributed by atoms with Gasteiger partial charge in [-0.3, -0.25) is 4.79 Å². The molecular formula is C13H16F3NO2S. The zero-order chi connectivity index (χ0) is 15.3. The van der Waals surface area contributed by atoms with Crippen LogP contribution in [0.4, 0.5) is 13.2 Å². The Morgan fingerprint density at radius 3 is 2.25 bits per heavy atom. The number of benzene rings is 1. The van der Waals surface area contributed by atoms with E-state index in [0.29, 0.717) is 5.75 Å². The number of rotatable bonds is 6. The van der Waals surface area contributed by atoms with Crippen molar-refractivity contribution in [2.24, 2.45) is 11.7 Å². The second kappa shape index (κ2) is 6.88. The van der Waals surface area contributed by atoms with Gasteiger partial charge in [0.15, 0.2) is 0 Å². The van der Waals surface area contributed by atoms with Crippen LogP contribution in [-0.4, -0.2) is 17.5 Å². The second-order valence-corrected chi connectivity index (χ2v) is 5.70. The van der Waals surface area contributed by atoms with E-state index in [1.54, 1.807) is 0 Å². The molecule has 0 saturated heterocycles. The third-order valence-electron chi connectivity index (χ3n) is 2.47. The lowest BCUT2D eigenvalue weighted by molar-refractivity contribution is -0.274. The Hall–Kier alpha value is -1.37. The second-order valence-electron chi connectivity index (χ2n) is 4.57. The smallest absolute Gasteiger partial charge is 0.406 e. The van der Waals surface area contributed by atoms with Crippen LogP contribution in [0.25, 0.3) is 0 Å². The summed E-state index contributed by atoms with van der Waals surface area (Å²) in [6.45, 7) is 3.78. The number of nitrogens with two attached hydrogens (primary N) is 1. The minimum absolute atomic E-state index is 0.102. The maximum absolute atomic E-state index is 12.0. The SMILES string of the molecule is CC(C)C(SCc1ccc(OC(F)(F)F)cc1)C(N)=O. The van der Waals surface area contributed by atoms with Crippen LogP contribution in [0.5, 0.6) is 5.75 Å². The normalized spacial score (nSPS) is 13.3. The molecule has 20 heavy (non-hydrogen) atoms. The highest BCUT2D eigenvalue weighted by Crippen LogP contribution is 2.26. The molecule has 0 aliphatic heterocycles. The zero-order valence-corrected chi connectivity index (χ0v) is 11.9. The third kappa shape index (κ3) is 5.73. The highest BCUT2D eigenvalue weighted by atomic mass is 32.2. The van der Waals surface area contributed by atoms with Crippen LogP contribution in [0.1, 0.15) is 19.4 Å². The first kappa shape index (κ1) is 16.7. The molecule has 2 N–H and O–H groups in total. The predicted octanol–water partition coefficient (Wildman–Crippen LogP) is 3.33. The molecule has 7 heteroatoms. The molecule has 1 aromatic carbocycles. The Balaban J connectivity index is 2.59. The van der Waals surface area contributed by atoms with Crippen LogP contribution in [0, 0.1) is 5.92 Å². The van der Waals surface area contributed by atoms with Gasteiger partial charge >= 0.3 is 6.36 Å². The van der Waals surface area contributed by atoms with E-state index in [0.717, 1.165) is 5.56 Å². The molecule has 1 rings (SSSR count). The molecule has 1 amide bonds. The average Bonchev–Trinajstić information content (AvgIpc) is 2.28. The summed E-state index contributed by atoms with van der Waals surface area (Å²) in [4.78, 5) is 11.2. The monoisotopic (exact) mass is 307 g/mol. The van der Waals surface area contributed by atoms with Crippen molar-refractivity contribution in [2.75, 3.05) is 0 Å². The summed E-state index contributed by atoms with van der Waals surface area (Å²) >= 11 is 1.37. The predicted molar refractivity (Wildman–Crippen MR) is 72.2 cm³/mol. The number of ether oxygens (including phenoxy) is 1. The van der Waals surface area contributed by atoms with Crippen molar-refractivity contribution in [1.29, 1.82) is 0 Å². The largest absolute Gasteiger partial charge is 0.573 e. The zero-order valence-electron chi connectivity index (χ0n) is 11.1. The third-order valence-corrected chi connectivity index (χ3v) is 4.11. The Labute approximate surface area is 119 Å². The van der Waals surface area contributed by atoms with Gasteiger partial charge in [-0.25, -0.2) is 0 Å². The molecule has 0 aromatic heterocycles. The highest BCUT2D eigenvalue weighted by Gasteiger charge is 2.31. The number of primary amides is 1. The van der Waals surface area contributed by atoms with Gasteiger partial charge in [0.2, 0.25) is 5.91 Å². The minimum Gasteiger partial charge on any atom is -0.406 e. The van der Waals surface area contributed by atoms with E-state index in [4.69, 9.17) is 5.73 Å². The van der Waals surface area contributed by atoms with E-state index in [1.165, 1.54) is 36.0 Å². The number of alkyl halides is 3. The van der Waals surface area contributed by atoms with Gasteiger partial charge in [-0.1, -0.05) is 26.0 Å². The molecule has 0 spiro atoms. The summed E-state index contributed by atoms with van der Waals surface area (Å²) in [5, 5.41) is -0.318. The van der Waals surface area contributed by atoms with Crippen LogP contribution >= 0.6 is 11.8 Å². The van der Waals surface area contributed by atoms with Crippen molar-refractivity contribution < 1.29 is 22.7 Å². The Morgan fingerprint density at radius 1 is 1.30 bits per heavy atom. The van der Waals surface area contributed by atoms with Crippen molar-refractivity contribution in [3.63, 3.8) is 0 Å². The number of amides is 1. The standard InChI is InChI=1S/C13H16F3NO2S/c1-8(2)11(12(17)18)20-7-9-3-5-10(6-4-9)19-13(14,15)16/h3-6,8,11H,7H2,1-2H3,(H2,17,18). The molecular weight excluding hydrogens is 291 g/mol. The average molecular weight is 307 g/mol. The van der Waals surface area contributed by atoms with Crippen molar-refractivity contribution in [3.8, 4) is 5.75 Å². The summed E-state index contributed by atoms with van der Waals surface area (Å²) in [5.74, 6) is -0.0492. The van der Waals surface area contributed by atoms with Crippen molar-refractivity contribution >= 4 is 17.7 Å². The lowest BCUT2D eigenvalue weighted by Crippen LogP contribution is -2.30. The van der Waals surface area contributed by atoms with Crippen molar-refractivity contribution in [3.05, 3.63) is 29.8 Å². The van der Waals surface area contributed by atoms with Gasteiger partial charge in [-0.2, -0.15) is 0 Å². The molecule has 0 aliphatic rings. The molecule has 3 nitrogen and oxygen atoms in total. The molecule has 0 heterocycles. The van der Waals surface area contributed by atoms with E-state index in [9.17, 15) is 18.0 Å². The van der Waals surface area contributed by atoms with E-state index in [-0.39, 0.29) is 22.8 Å². The first-order valence-corrected chi connectivity index (χ1v) is 6.99. The Morgan fingerprint density at radius 2 is 1.85 bits per heavy atom.